The molecule has 1 aromatic heterocycles. The minimum absolute atomic E-state index is 0.595. The van der Waals surface area contributed by atoms with Gasteiger partial charge in [-0.3, -0.25) is 0 Å². The van der Waals surface area contributed by atoms with Gasteiger partial charge in [0, 0.05) is 23.9 Å². The fourth-order valence-corrected chi connectivity index (χ4v) is 3.27. The molecular weight excluding hydrogens is 210 g/mol. The summed E-state index contributed by atoms with van der Waals surface area (Å²) in [6.45, 7) is 5.34. The van der Waals surface area contributed by atoms with Crippen molar-refractivity contribution in [2.75, 3.05) is 6.54 Å². The van der Waals surface area contributed by atoms with Crippen molar-refractivity contribution in [1.82, 2.24) is 9.55 Å². The number of hydrogen-bond donors (Lipinski definition) is 1. The van der Waals surface area contributed by atoms with Crippen molar-refractivity contribution in [3.8, 4) is 0 Å². The molecule has 3 nitrogen and oxygen atoms in total. The largest absolute Gasteiger partial charge is 0.331 e. The molecule has 0 radical (unpaired) electrons. The van der Waals surface area contributed by atoms with Crippen LogP contribution in [-0.2, 0) is 0 Å². The quantitative estimate of drug-likeness (QED) is 0.852. The zero-order valence-corrected chi connectivity index (χ0v) is 11.1. The molecule has 2 N–H and O–H groups in total. The molecule has 2 unspecified atom stereocenters. The minimum atomic E-state index is 0.595. The summed E-state index contributed by atoms with van der Waals surface area (Å²) in [6, 6.07) is 0.595. The summed E-state index contributed by atoms with van der Waals surface area (Å²) in [5.41, 5.74) is 7.30. The van der Waals surface area contributed by atoms with Gasteiger partial charge >= 0.3 is 0 Å². The standard InChI is InChI=1S/C14H25N3/c1-3-11(4-2)14-9-16-10-17(14)13-7-5-6-12(13)8-15/h9-13H,3-8,15H2,1-2H3. The molecule has 0 aliphatic heterocycles. The fraction of sp³-hybridized carbons (Fsp3) is 0.786. The summed E-state index contributed by atoms with van der Waals surface area (Å²) in [5.74, 6) is 1.30. The molecule has 1 fully saturated rings. The van der Waals surface area contributed by atoms with Crippen LogP contribution in [0.4, 0.5) is 0 Å². The lowest BCUT2D eigenvalue weighted by molar-refractivity contribution is 0.370. The van der Waals surface area contributed by atoms with Gasteiger partial charge in [-0.15, -0.1) is 0 Å². The van der Waals surface area contributed by atoms with Gasteiger partial charge in [-0.1, -0.05) is 20.3 Å². The van der Waals surface area contributed by atoms with Crippen molar-refractivity contribution in [3.63, 3.8) is 0 Å². The van der Waals surface area contributed by atoms with E-state index in [1.54, 1.807) is 0 Å². The average Bonchev–Trinajstić information content (AvgIpc) is 2.97. The highest BCUT2D eigenvalue weighted by atomic mass is 15.1. The first-order valence-electron chi connectivity index (χ1n) is 7.03. The Bertz CT molecular complexity index is 341. The highest BCUT2D eigenvalue weighted by Gasteiger charge is 2.29. The van der Waals surface area contributed by atoms with Crippen LogP contribution in [0.15, 0.2) is 12.5 Å². The Morgan fingerprint density at radius 1 is 1.41 bits per heavy atom. The minimum Gasteiger partial charge on any atom is -0.331 e. The molecule has 0 bridgehead atoms. The third-order valence-corrected chi connectivity index (χ3v) is 4.38. The van der Waals surface area contributed by atoms with Crippen LogP contribution in [0.3, 0.4) is 0 Å². The number of nitrogens with two attached hydrogens (primary N) is 1. The molecule has 2 rings (SSSR count). The van der Waals surface area contributed by atoms with E-state index in [0.717, 1.165) is 6.54 Å². The third kappa shape index (κ3) is 2.39. The number of aromatic nitrogens is 2. The first kappa shape index (κ1) is 12.6. The summed E-state index contributed by atoms with van der Waals surface area (Å²) < 4.78 is 2.42. The second kappa shape index (κ2) is 5.67. The van der Waals surface area contributed by atoms with E-state index in [4.69, 9.17) is 5.73 Å². The lowest BCUT2D eigenvalue weighted by atomic mass is 9.97. The van der Waals surface area contributed by atoms with E-state index in [1.807, 2.05) is 6.33 Å². The summed E-state index contributed by atoms with van der Waals surface area (Å²) >= 11 is 0. The number of hydrogen-bond acceptors (Lipinski definition) is 2. The lowest BCUT2D eigenvalue weighted by Gasteiger charge is -2.24. The van der Waals surface area contributed by atoms with Crippen LogP contribution in [0.2, 0.25) is 0 Å². The summed E-state index contributed by atoms with van der Waals surface area (Å²) in [7, 11) is 0. The molecule has 17 heavy (non-hydrogen) atoms. The van der Waals surface area contributed by atoms with Crippen molar-refractivity contribution >= 4 is 0 Å². The van der Waals surface area contributed by atoms with Gasteiger partial charge in [-0.25, -0.2) is 4.98 Å². The predicted molar refractivity (Wildman–Crippen MR) is 71.0 cm³/mol. The monoisotopic (exact) mass is 235 g/mol. The van der Waals surface area contributed by atoms with Gasteiger partial charge in [0.1, 0.15) is 0 Å². The number of imidazole rings is 1. The Morgan fingerprint density at radius 2 is 2.18 bits per heavy atom. The molecule has 3 heteroatoms. The molecule has 0 amide bonds. The van der Waals surface area contributed by atoms with Crippen LogP contribution in [0.1, 0.15) is 63.6 Å². The summed E-state index contributed by atoms with van der Waals surface area (Å²) in [6.07, 6.45) is 10.3. The fourth-order valence-electron chi connectivity index (χ4n) is 3.27. The van der Waals surface area contributed by atoms with Crippen LogP contribution in [0.25, 0.3) is 0 Å². The zero-order chi connectivity index (χ0) is 12.3. The number of nitrogens with zero attached hydrogens (tertiary/aromatic N) is 2. The van der Waals surface area contributed by atoms with E-state index in [9.17, 15) is 0 Å². The summed E-state index contributed by atoms with van der Waals surface area (Å²) in [5, 5.41) is 0. The second-order valence-corrected chi connectivity index (χ2v) is 5.23. The Kier molecular flexibility index (Phi) is 4.21. The van der Waals surface area contributed by atoms with E-state index in [1.165, 1.54) is 37.8 Å². The van der Waals surface area contributed by atoms with Crippen LogP contribution in [0.5, 0.6) is 0 Å². The van der Waals surface area contributed by atoms with Gasteiger partial charge in [0.25, 0.3) is 0 Å². The van der Waals surface area contributed by atoms with Crippen molar-refractivity contribution < 1.29 is 0 Å². The van der Waals surface area contributed by atoms with Crippen LogP contribution < -0.4 is 5.73 Å². The SMILES string of the molecule is CCC(CC)c1cncn1C1CCCC1CN. The van der Waals surface area contributed by atoms with E-state index in [-0.39, 0.29) is 0 Å². The van der Waals surface area contributed by atoms with E-state index in [2.05, 4.69) is 29.6 Å². The topological polar surface area (TPSA) is 43.8 Å². The smallest absolute Gasteiger partial charge is 0.0950 e. The Labute approximate surface area is 104 Å². The first-order valence-corrected chi connectivity index (χ1v) is 7.03. The Morgan fingerprint density at radius 3 is 2.82 bits per heavy atom. The maximum Gasteiger partial charge on any atom is 0.0950 e. The predicted octanol–water partition coefficient (Wildman–Crippen LogP) is 3.09. The van der Waals surface area contributed by atoms with Crippen molar-refractivity contribution in [2.24, 2.45) is 11.7 Å². The maximum absolute atomic E-state index is 5.89. The maximum atomic E-state index is 5.89. The molecule has 1 aliphatic carbocycles. The molecule has 1 heterocycles. The lowest BCUT2D eigenvalue weighted by Crippen LogP contribution is -2.23. The van der Waals surface area contributed by atoms with Gasteiger partial charge in [0.15, 0.2) is 0 Å². The first-order chi connectivity index (χ1) is 8.31. The van der Waals surface area contributed by atoms with Gasteiger partial charge in [-0.05, 0) is 38.1 Å². The zero-order valence-electron chi connectivity index (χ0n) is 11.1. The molecule has 0 spiro atoms. The number of rotatable bonds is 5. The van der Waals surface area contributed by atoms with E-state index < -0.39 is 0 Å². The highest BCUT2D eigenvalue weighted by Crippen LogP contribution is 2.37. The van der Waals surface area contributed by atoms with Gasteiger partial charge in [0.2, 0.25) is 0 Å². The van der Waals surface area contributed by atoms with Crippen LogP contribution in [0, 0.1) is 5.92 Å². The van der Waals surface area contributed by atoms with Gasteiger partial charge < -0.3 is 10.3 Å². The van der Waals surface area contributed by atoms with Crippen molar-refractivity contribution in [3.05, 3.63) is 18.2 Å². The molecule has 96 valence electrons. The highest BCUT2D eigenvalue weighted by molar-refractivity contribution is 5.08. The Hall–Kier alpha value is -0.830. The molecular formula is C14H25N3. The molecule has 2 atom stereocenters. The molecule has 0 saturated heterocycles. The molecule has 1 saturated carbocycles. The normalized spacial score (nSPS) is 24.7. The van der Waals surface area contributed by atoms with E-state index >= 15 is 0 Å². The second-order valence-electron chi connectivity index (χ2n) is 5.23. The molecule has 1 aromatic rings. The van der Waals surface area contributed by atoms with E-state index in [0.29, 0.717) is 17.9 Å². The average molecular weight is 235 g/mol. The van der Waals surface area contributed by atoms with Crippen molar-refractivity contribution in [2.45, 2.75) is 57.9 Å². The third-order valence-electron chi connectivity index (χ3n) is 4.38. The summed E-state index contributed by atoms with van der Waals surface area (Å²) in [4.78, 5) is 4.37. The van der Waals surface area contributed by atoms with Gasteiger partial charge in [-0.2, -0.15) is 0 Å². The van der Waals surface area contributed by atoms with Gasteiger partial charge in [0.05, 0.1) is 6.33 Å². The molecule has 1 aliphatic rings. The Balaban J connectivity index is 2.23. The van der Waals surface area contributed by atoms with Crippen LogP contribution >= 0.6 is 0 Å². The van der Waals surface area contributed by atoms with Crippen molar-refractivity contribution in [1.29, 1.82) is 0 Å². The molecule has 0 aromatic carbocycles. The van der Waals surface area contributed by atoms with Crippen LogP contribution in [-0.4, -0.2) is 16.1 Å².